The topological polar surface area (TPSA) is 17.1 Å². The van der Waals surface area contributed by atoms with Gasteiger partial charge in [0.15, 0.2) is 0 Å². The molecule has 4 unspecified atom stereocenters. The lowest BCUT2D eigenvalue weighted by Crippen LogP contribution is -2.16. The molecule has 2 fully saturated rings. The fraction of sp³-hybridized carbons (Fsp3) is 0.700. The number of rotatable bonds is 2. The van der Waals surface area contributed by atoms with Gasteiger partial charge in [0.1, 0.15) is 6.29 Å². The summed E-state index contributed by atoms with van der Waals surface area (Å²) in [5, 5.41) is 0. The van der Waals surface area contributed by atoms with Crippen LogP contribution in [0.15, 0.2) is 12.7 Å². The van der Waals surface area contributed by atoms with Gasteiger partial charge >= 0.3 is 0 Å². The van der Waals surface area contributed by atoms with E-state index in [1.807, 2.05) is 0 Å². The Morgan fingerprint density at radius 3 is 2.18 bits per heavy atom. The van der Waals surface area contributed by atoms with E-state index in [0.29, 0.717) is 11.8 Å². The number of hydrogen-bond donors (Lipinski definition) is 0. The highest BCUT2D eigenvalue weighted by molar-refractivity contribution is 5.55. The molecule has 0 radical (unpaired) electrons. The first-order chi connectivity index (χ1) is 5.35. The molecule has 0 aromatic rings. The predicted molar refractivity (Wildman–Crippen MR) is 44.1 cm³/mol. The van der Waals surface area contributed by atoms with Gasteiger partial charge < -0.3 is 4.79 Å². The summed E-state index contributed by atoms with van der Waals surface area (Å²) < 4.78 is 0. The molecule has 0 heterocycles. The average Bonchev–Trinajstić information content (AvgIpc) is 2.60. The van der Waals surface area contributed by atoms with Gasteiger partial charge in [-0.25, -0.2) is 0 Å². The van der Waals surface area contributed by atoms with Crippen molar-refractivity contribution >= 4 is 6.29 Å². The van der Waals surface area contributed by atoms with Crippen molar-refractivity contribution in [2.75, 3.05) is 0 Å². The molecule has 0 N–H and O–H groups in total. The van der Waals surface area contributed by atoms with Crippen LogP contribution in [0.4, 0.5) is 0 Å². The summed E-state index contributed by atoms with van der Waals surface area (Å²) in [4.78, 5) is 10.6. The van der Waals surface area contributed by atoms with Crippen molar-refractivity contribution in [1.82, 2.24) is 0 Å². The lowest BCUT2D eigenvalue weighted by molar-refractivity contribution is -0.112. The summed E-state index contributed by atoms with van der Waals surface area (Å²) in [5.74, 6) is 2.58. The first kappa shape index (κ1) is 7.08. The third kappa shape index (κ3) is 0.943. The summed E-state index contributed by atoms with van der Waals surface area (Å²) >= 11 is 0. The van der Waals surface area contributed by atoms with Crippen LogP contribution in [0.3, 0.4) is 0 Å². The van der Waals surface area contributed by atoms with Gasteiger partial charge in [0.2, 0.25) is 0 Å². The highest BCUT2D eigenvalue weighted by Gasteiger charge is 2.44. The molecule has 2 rings (SSSR count). The lowest BCUT2D eigenvalue weighted by atomic mass is 9.83. The summed E-state index contributed by atoms with van der Waals surface area (Å²) in [7, 11) is 0. The van der Waals surface area contributed by atoms with E-state index in [1.165, 1.54) is 12.8 Å². The van der Waals surface area contributed by atoms with E-state index in [2.05, 4.69) is 12.7 Å². The molecule has 0 aromatic heterocycles. The maximum absolute atomic E-state index is 10.6. The normalized spacial score (nSPS) is 47.6. The van der Waals surface area contributed by atoms with E-state index in [9.17, 15) is 4.79 Å². The van der Waals surface area contributed by atoms with Crippen LogP contribution >= 0.6 is 0 Å². The average molecular weight is 150 g/mol. The van der Waals surface area contributed by atoms with E-state index in [4.69, 9.17) is 0 Å². The molecule has 4 atom stereocenters. The second-order valence-corrected chi connectivity index (χ2v) is 3.93. The summed E-state index contributed by atoms with van der Waals surface area (Å²) in [6.45, 7) is 3.82. The van der Waals surface area contributed by atoms with E-state index in [1.54, 1.807) is 0 Å². The van der Waals surface area contributed by atoms with Crippen molar-refractivity contribution in [3.05, 3.63) is 12.7 Å². The molecule has 2 bridgehead atoms. The number of hydrogen-bond acceptors (Lipinski definition) is 1. The molecule has 0 amide bonds. The zero-order chi connectivity index (χ0) is 7.84. The van der Waals surface area contributed by atoms with Crippen molar-refractivity contribution in [2.24, 2.45) is 23.7 Å². The summed E-state index contributed by atoms with van der Waals surface area (Å²) in [6, 6.07) is 0. The Hall–Kier alpha value is -0.590. The molecule has 0 aliphatic heterocycles. The van der Waals surface area contributed by atoms with E-state index in [-0.39, 0.29) is 0 Å². The molecule has 2 aliphatic carbocycles. The van der Waals surface area contributed by atoms with Gasteiger partial charge in [0.05, 0.1) is 0 Å². The van der Waals surface area contributed by atoms with Crippen molar-refractivity contribution in [2.45, 2.75) is 19.3 Å². The number of carbonyl (C=O) groups is 1. The Labute approximate surface area is 67.5 Å². The zero-order valence-electron chi connectivity index (χ0n) is 6.70. The van der Waals surface area contributed by atoms with Gasteiger partial charge in [-0.3, -0.25) is 0 Å². The maximum atomic E-state index is 10.6. The minimum atomic E-state index is 0.385. The van der Waals surface area contributed by atoms with Gasteiger partial charge in [0.25, 0.3) is 0 Å². The molecule has 0 aromatic carbocycles. The summed E-state index contributed by atoms with van der Waals surface area (Å²) in [5.41, 5.74) is 0. The van der Waals surface area contributed by atoms with Crippen molar-refractivity contribution in [3.8, 4) is 0 Å². The van der Waals surface area contributed by atoms with Crippen LogP contribution in [0.25, 0.3) is 0 Å². The minimum absolute atomic E-state index is 0.385. The monoisotopic (exact) mass is 150 g/mol. The SMILES string of the molecule is C=CC1CC2CC1CC2C=O. The molecule has 11 heavy (non-hydrogen) atoms. The van der Waals surface area contributed by atoms with Crippen molar-refractivity contribution < 1.29 is 4.79 Å². The van der Waals surface area contributed by atoms with Gasteiger partial charge in [-0.05, 0) is 37.0 Å². The quantitative estimate of drug-likeness (QED) is 0.435. The first-order valence-electron chi connectivity index (χ1n) is 4.43. The molecule has 2 aliphatic rings. The Bertz CT molecular complexity index is 165. The van der Waals surface area contributed by atoms with Crippen molar-refractivity contribution in [1.29, 1.82) is 0 Å². The third-order valence-corrected chi connectivity index (χ3v) is 3.44. The smallest absolute Gasteiger partial charge is 0.123 e. The second kappa shape index (κ2) is 2.47. The fourth-order valence-electron chi connectivity index (χ4n) is 2.82. The van der Waals surface area contributed by atoms with Crippen molar-refractivity contribution in [3.63, 3.8) is 0 Å². The second-order valence-electron chi connectivity index (χ2n) is 3.93. The van der Waals surface area contributed by atoms with Gasteiger partial charge in [-0.1, -0.05) is 6.08 Å². The molecular formula is C10H14O. The first-order valence-corrected chi connectivity index (χ1v) is 4.43. The highest BCUT2D eigenvalue weighted by atomic mass is 16.1. The van der Waals surface area contributed by atoms with Crippen LogP contribution in [0.1, 0.15) is 19.3 Å². The Kier molecular flexibility index (Phi) is 1.59. The van der Waals surface area contributed by atoms with Crippen LogP contribution in [-0.4, -0.2) is 6.29 Å². The van der Waals surface area contributed by atoms with Crippen LogP contribution in [-0.2, 0) is 4.79 Å². The van der Waals surface area contributed by atoms with Crippen LogP contribution in [0.5, 0.6) is 0 Å². The number of carbonyl (C=O) groups excluding carboxylic acids is 1. The molecule has 2 saturated carbocycles. The van der Waals surface area contributed by atoms with E-state index >= 15 is 0 Å². The highest BCUT2D eigenvalue weighted by Crippen LogP contribution is 2.51. The minimum Gasteiger partial charge on any atom is -0.303 e. The molecule has 60 valence electrons. The van der Waals surface area contributed by atoms with Gasteiger partial charge in [0, 0.05) is 5.92 Å². The Balaban J connectivity index is 2.07. The standard InChI is InChI=1S/C10H14O/c1-2-7-3-9-4-8(7)5-10(9)6-11/h2,6-10H,1,3-5H2. The van der Waals surface area contributed by atoms with E-state index in [0.717, 1.165) is 24.5 Å². The van der Waals surface area contributed by atoms with Crippen LogP contribution in [0, 0.1) is 23.7 Å². The Morgan fingerprint density at radius 1 is 1.09 bits per heavy atom. The van der Waals surface area contributed by atoms with E-state index < -0.39 is 0 Å². The third-order valence-electron chi connectivity index (χ3n) is 3.44. The predicted octanol–water partition coefficient (Wildman–Crippen LogP) is 2.03. The molecule has 0 spiro atoms. The largest absolute Gasteiger partial charge is 0.303 e. The lowest BCUT2D eigenvalue weighted by Gasteiger charge is -2.21. The number of fused-ring (bicyclic) bond motifs is 2. The molecule has 0 saturated heterocycles. The van der Waals surface area contributed by atoms with Crippen LogP contribution < -0.4 is 0 Å². The number of allylic oxidation sites excluding steroid dienone is 1. The summed E-state index contributed by atoms with van der Waals surface area (Å²) in [6.07, 6.45) is 6.86. The van der Waals surface area contributed by atoms with Crippen LogP contribution in [0.2, 0.25) is 0 Å². The maximum Gasteiger partial charge on any atom is 0.123 e. The Morgan fingerprint density at radius 2 is 1.73 bits per heavy atom. The molecule has 1 heteroatoms. The molecule has 1 nitrogen and oxygen atoms in total. The molecular weight excluding hydrogens is 136 g/mol. The fourth-order valence-corrected chi connectivity index (χ4v) is 2.82. The van der Waals surface area contributed by atoms with Gasteiger partial charge in [-0.15, -0.1) is 6.58 Å². The van der Waals surface area contributed by atoms with Gasteiger partial charge in [-0.2, -0.15) is 0 Å². The zero-order valence-corrected chi connectivity index (χ0v) is 6.70. The number of aldehydes is 1.